The first kappa shape index (κ1) is 19.3. The van der Waals surface area contributed by atoms with Gasteiger partial charge in [-0.1, -0.05) is 12.1 Å². The maximum atomic E-state index is 12.4. The van der Waals surface area contributed by atoms with Crippen molar-refractivity contribution in [2.45, 2.75) is 38.8 Å². The number of hydrogen-bond donors (Lipinski definition) is 4. The van der Waals surface area contributed by atoms with Crippen molar-refractivity contribution >= 4 is 30.0 Å². The minimum Gasteiger partial charge on any atom is -0.349 e. The van der Waals surface area contributed by atoms with Crippen molar-refractivity contribution in [2.24, 2.45) is 0 Å². The van der Waals surface area contributed by atoms with E-state index in [1.54, 1.807) is 24.3 Å². The number of halogens is 1. The predicted octanol–water partition coefficient (Wildman–Crippen LogP) is 2.12. The number of piperidine rings is 1. The van der Waals surface area contributed by atoms with Gasteiger partial charge in [0.2, 0.25) is 0 Å². The van der Waals surface area contributed by atoms with Crippen molar-refractivity contribution in [3.63, 3.8) is 0 Å². The van der Waals surface area contributed by atoms with Gasteiger partial charge in [0.15, 0.2) is 0 Å². The topological polar surface area (TPSA) is 82.3 Å². The van der Waals surface area contributed by atoms with Gasteiger partial charge < -0.3 is 21.3 Å². The van der Waals surface area contributed by atoms with Crippen LogP contribution in [0.2, 0.25) is 0 Å². The molecule has 0 spiro atoms. The minimum atomic E-state index is -0.308. The van der Waals surface area contributed by atoms with Gasteiger partial charge >= 0.3 is 6.03 Å². The third kappa shape index (κ3) is 6.08. The number of hydrogen-bond acceptors (Lipinski definition) is 3. The lowest BCUT2D eigenvalue weighted by molar-refractivity contribution is 0.0930. The van der Waals surface area contributed by atoms with Crippen LogP contribution < -0.4 is 21.3 Å². The number of amides is 3. The molecule has 128 valence electrons. The number of carbonyl (C=O) groups excluding carboxylic acids is 2. The molecule has 3 amide bonds. The lowest BCUT2D eigenvalue weighted by atomic mass is 10.1. The molecule has 6 nitrogen and oxygen atoms in total. The van der Waals surface area contributed by atoms with E-state index >= 15 is 0 Å². The molecule has 23 heavy (non-hydrogen) atoms. The molecule has 1 aromatic rings. The molecule has 0 radical (unpaired) electrons. The largest absolute Gasteiger partial charge is 0.349 e. The summed E-state index contributed by atoms with van der Waals surface area (Å²) >= 11 is 0. The van der Waals surface area contributed by atoms with Crippen molar-refractivity contribution in [1.82, 2.24) is 16.0 Å². The van der Waals surface area contributed by atoms with Crippen LogP contribution in [-0.2, 0) is 0 Å². The van der Waals surface area contributed by atoms with Gasteiger partial charge in [0.1, 0.15) is 0 Å². The first-order valence-corrected chi connectivity index (χ1v) is 7.74. The Bertz CT molecular complexity index is 531. The Morgan fingerprint density at radius 2 is 1.83 bits per heavy atom. The van der Waals surface area contributed by atoms with Crippen LogP contribution in [-0.4, -0.2) is 37.1 Å². The molecule has 0 atom stereocenters. The Balaban J connectivity index is 0.00000264. The van der Waals surface area contributed by atoms with Crippen molar-refractivity contribution < 1.29 is 9.59 Å². The highest BCUT2D eigenvalue weighted by atomic mass is 35.5. The van der Waals surface area contributed by atoms with E-state index in [-0.39, 0.29) is 36.4 Å². The Kier molecular flexibility index (Phi) is 7.85. The lowest BCUT2D eigenvalue weighted by Gasteiger charge is -2.24. The van der Waals surface area contributed by atoms with Gasteiger partial charge in [-0.3, -0.25) is 4.79 Å². The fourth-order valence-electron chi connectivity index (χ4n) is 2.44. The molecule has 2 rings (SSSR count). The Labute approximate surface area is 143 Å². The van der Waals surface area contributed by atoms with Crippen LogP contribution in [0.5, 0.6) is 0 Å². The second-order valence-corrected chi connectivity index (χ2v) is 5.80. The second kappa shape index (κ2) is 9.37. The highest BCUT2D eigenvalue weighted by Gasteiger charge is 2.18. The lowest BCUT2D eigenvalue weighted by Crippen LogP contribution is -2.43. The van der Waals surface area contributed by atoms with Gasteiger partial charge in [-0.2, -0.15) is 0 Å². The molecule has 1 aliphatic heterocycles. The van der Waals surface area contributed by atoms with E-state index in [0.29, 0.717) is 11.3 Å². The first-order chi connectivity index (χ1) is 10.6. The molecular weight excluding hydrogens is 316 g/mol. The van der Waals surface area contributed by atoms with Crippen LogP contribution in [0.3, 0.4) is 0 Å². The van der Waals surface area contributed by atoms with Gasteiger partial charge in [0, 0.05) is 12.1 Å². The summed E-state index contributed by atoms with van der Waals surface area (Å²) in [5, 5.41) is 11.8. The highest BCUT2D eigenvalue weighted by molar-refractivity contribution is 6.03. The molecule has 0 bridgehead atoms. The van der Waals surface area contributed by atoms with Gasteiger partial charge in [-0.15, -0.1) is 12.4 Å². The summed E-state index contributed by atoms with van der Waals surface area (Å²) in [5.41, 5.74) is 1.01. The summed E-state index contributed by atoms with van der Waals surface area (Å²) < 4.78 is 0. The zero-order chi connectivity index (χ0) is 15.9. The van der Waals surface area contributed by atoms with E-state index in [0.717, 1.165) is 25.9 Å². The zero-order valence-electron chi connectivity index (χ0n) is 13.5. The number of benzene rings is 1. The molecule has 0 aliphatic carbocycles. The molecule has 7 heteroatoms. The second-order valence-electron chi connectivity index (χ2n) is 5.80. The van der Waals surface area contributed by atoms with Crippen molar-refractivity contribution in [3.05, 3.63) is 29.8 Å². The Morgan fingerprint density at radius 3 is 2.48 bits per heavy atom. The van der Waals surface area contributed by atoms with Crippen molar-refractivity contribution in [3.8, 4) is 0 Å². The third-order valence-electron chi connectivity index (χ3n) is 3.51. The summed E-state index contributed by atoms with van der Waals surface area (Å²) in [5.74, 6) is -0.146. The van der Waals surface area contributed by atoms with Crippen molar-refractivity contribution in [1.29, 1.82) is 0 Å². The maximum Gasteiger partial charge on any atom is 0.319 e. The summed E-state index contributed by atoms with van der Waals surface area (Å²) in [6.07, 6.45) is 1.85. The zero-order valence-corrected chi connectivity index (χ0v) is 14.3. The summed E-state index contributed by atoms with van der Waals surface area (Å²) in [6, 6.07) is 6.97. The molecule has 0 saturated carbocycles. The maximum absolute atomic E-state index is 12.4. The first-order valence-electron chi connectivity index (χ1n) is 7.74. The fourth-order valence-corrected chi connectivity index (χ4v) is 2.44. The van der Waals surface area contributed by atoms with Gasteiger partial charge in [-0.25, -0.2) is 4.79 Å². The minimum absolute atomic E-state index is 0. The number of rotatable bonds is 4. The molecule has 1 aliphatic rings. The number of nitrogens with one attached hydrogen (secondary N) is 4. The standard InChI is InChI=1S/C16H24N4O2.ClH/c1-11(2)18-16(22)20-14-6-4-3-5-13(14)15(21)19-12-7-9-17-10-8-12;/h3-6,11-12,17H,7-10H2,1-2H3,(H,19,21)(H2,18,20,22);1H. The van der Waals surface area contributed by atoms with E-state index in [1.165, 1.54) is 0 Å². The quantitative estimate of drug-likeness (QED) is 0.677. The van der Waals surface area contributed by atoms with Crippen LogP contribution in [0, 0.1) is 0 Å². The molecule has 1 aromatic carbocycles. The molecule has 1 heterocycles. The summed E-state index contributed by atoms with van der Waals surface area (Å²) in [6.45, 7) is 5.61. The van der Waals surface area contributed by atoms with E-state index in [4.69, 9.17) is 0 Å². The average Bonchev–Trinajstić information content (AvgIpc) is 2.47. The molecule has 0 unspecified atom stereocenters. The molecular formula is C16H25ClN4O2. The fraction of sp³-hybridized carbons (Fsp3) is 0.500. The summed E-state index contributed by atoms with van der Waals surface area (Å²) in [7, 11) is 0. The van der Waals surface area contributed by atoms with Crippen LogP contribution in [0.1, 0.15) is 37.0 Å². The number of para-hydroxylation sites is 1. The van der Waals surface area contributed by atoms with E-state index in [1.807, 2.05) is 13.8 Å². The molecule has 4 N–H and O–H groups in total. The normalized spacial score (nSPS) is 14.7. The number of anilines is 1. The highest BCUT2D eigenvalue weighted by Crippen LogP contribution is 2.16. The number of carbonyl (C=O) groups is 2. The number of urea groups is 1. The Morgan fingerprint density at radius 1 is 1.17 bits per heavy atom. The SMILES string of the molecule is CC(C)NC(=O)Nc1ccccc1C(=O)NC1CCNCC1.Cl. The van der Waals surface area contributed by atoms with Crippen molar-refractivity contribution in [2.75, 3.05) is 18.4 Å². The van der Waals surface area contributed by atoms with Gasteiger partial charge in [0.05, 0.1) is 11.3 Å². The van der Waals surface area contributed by atoms with Gasteiger partial charge in [-0.05, 0) is 51.9 Å². The smallest absolute Gasteiger partial charge is 0.319 e. The van der Waals surface area contributed by atoms with Crippen LogP contribution in [0.15, 0.2) is 24.3 Å². The monoisotopic (exact) mass is 340 g/mol. The molecule has 1 saturated heterocycles. The average molecular weight is 341 g/mol. The predicted molar refractivity (Wildman–Crippen MR) is 94.3 cm³/mol. The molecule has 1 fully saturated rings. The third-order valence-corrected chi connectivity index (χ3v) is 3.51. The van der Waals surface area contributed by atoms with Crippen LogP contribution in [0.4, 0.5) is 10.5 Å². The molecule has 0 aromatic heterocycles. The Hall–Kier alpha value is -1.79. The van der Waals surface area contributed by atoms with Crippen LogP contribution >= 0.6 is 12.4 Å². The van der Waals surface area contributed by atoms with Gasteiger partial charge in [0.25, 0.3) is 5.91 Å². The van der Waals surface area contributed by atoms with E-state index in [9.17, 15) is 9.59 Å². The summed E-state index contributed by atoms with van der Waals surface area (Å²) in [4.78, 5) is 24.3. The van der Waals surface area contributed by atoms with Crippen LogP contribution in [0.25, 0.3) is 0 Å². The van der Waals surface area contributed by atoms with E-state index in [2.05, 4.69) is 21.3 Å². The van der Waals surface area contributed by atoms with E-state index < -0.39 is 0 Å².